The van der Waals surface area contributed by atoms with E-state index in [9.17, 15) is 0 Å². The molecular formula is C13H14Cl2N2. The van der Waals surface area contributed by atoms with Crippen molar-refractivity contribution in [3.05, 3.63) is 33.9 Å². The quantitative estimate of drug-likeness (QED) is 0.806. The van der Waals surface area contributed by atoms with Crippen LogP contribution in [0.3, 0.4) is 0 Å². The van der Waals surface area contributed by atoms with Gasteiger partial charge in [0.05, 0.1) is 10.5 Å². The van der Waals surface area contributed by atoms with Gasteiger partial charge < -0.3 is 10.3 Å². The van der Waals surface area contributed by atoms with E-state index in [2.05, 4.69) is 16.5 Å². The number of halogens is 2. The molecule has 1 aliphatic heterocycles. The predicted octanol–water partition coefficient (Wildman–Crippen LogP) is 3.94. The largest absolute Gasteiger partial charge is 0.360 e. The highest BCUT2D eigenvalue weighted by molar-refractivity contribution is 6.38. The van der Waals surface area contributed by atoms with Crippen molar-refractivity contribution in [2.24, 2.45) is 0 Å². The van der Waals surface area contributed by atoms with Gasteiger partial charge in [0, 0.05) is 16.6 Å². The molecule has 0 unspecified atom stereocenters. The summed E-state index contributed by atoms with van der Waals surface area (Å²) in [7, 11) is 0. The van der Waals surface area contributed by atoms with Crippen molar-refractivity contribution in [2.45, 2.75) is 18.8 Å². The van der Waals surface area contributed by atoms with Crippen LogP contribution < -0.4 is 5.32 Å². The number of rotatable bonds is 1. The van der Waals surface area contributed by atoms with Gasteiger partial charge in [-0.05, 0) is 49.5 Å². The van der Waals surface area contributed by atoms with Crippen LogP contribution in [0, 0.1) is 0 Å². The molecule has 1 fully saturated rings. The van der Waals surface area contributed by atoms with E-state index in [4.69, 9.17) is 23.2 Å². The molecule has 1 aromatic carbocycles. The number of hydrogen-bond donors (Lipinski definition) is 2. The van der Waals surface area contributed by atoms with Crippen molar-refractivity contribution in [2.75, 3.05) is 13.1 Å². The molecule has 0 bridgehead atoms. The van der Waals surface area contributed by atoms with Crippen LogP contribution in [0.2, 0.25) is 10.0 Å². The fourth-order valence-electron chi connectivity index (χ4n) is 2.65. The minimum absolute atomic E-state index is 0.611. The van der Waals surface area contributed by atoms with Crippen molar-refractivity contribution < 1.29 is 0 Å². The fourth-order valence-corrected chi connectivity index (χ4v) is 3.19. The van der Waals surface area contributed by atoms with Crippen molar-refractivity contribution in [1.29, 1.82) is 0 Å². The molecule has 2 N–H and O–H groups in total. The number of nitrogens with one attached hydrogen (secondary N) is 2. The van der Waals surface area contributed by atoms with Gasteiger partial charge >= 0.3 is 0 Å². The SMILES string of the molecule is Clc1cc(Cl)c2[nH]cc(C3CCNCC3)c2c1. The zero-order valence-electron chi connectivity index (χ0n) is 9.39. The topological polar surface area (TPSA) is 27.8 Å². The molecular weight excluding hydrogens is 255 g/mol. The van der Waals surface area contributed by atoms with Gasteiger partial charge in [-0.1, -0.05) is 23.2 Å². The third-order valence-electron chi connectivity index (χ3n) is 3.52. The van der Waals surface area contributed by atoms with Crippen LogP contribution in [-0.2, 0) is 0 Å². The van der Waals surface area contributed by atoms with Gasteiger partial charge in [-0.3, -0.25) is 0 Å². The lowest BCUT2D eigenvalue weighted by molar-refractivity contribution is 0.462. The first-order chi connectivity index (χ1) is 8.25. The Kier molecular flexibility index (Phi) is 3.03. The van der Waals surface area contributed by atoms with Crippen LogP contribution in [-0.4, -0.2) is 18.1 Å². The standard InChI is InChI=1S/C13H14Cl2N2/c14-9-5-10-11(8-1-3-16-4-2-8)7-17-13(10)12(15)6-9/h5-8,16-17H,1-4H2. The Bertz CT molecular complexity index is 542. The zero-order valence-corrected chi connectivity index (χ0v) is 10.9. The molecule has 90 valence electrons. The summed E-state index contributed by atoms with van der Waals surface area (Å²) in [5.41, 5.74) is 2.36. The first kappa shape index (κ1) is 11.4. The molecule has 0 radical (unpaired) electrons. The molecule has 1 aliphatic rings. The summed E-state index contributed by atoms with van der Waals surface area (Å²) in [6, 6.07) is 3.80. The highest BCUT2D eigenvalue weighted by atomic mass is 35.5. The summed E-state index contributed by atoms with van der Waals surface area (Å²) >= 11 is 12.3. The van der Waals surface area contributed by atoms with E-state index in [-0.39, 0.29) is 0 Å². The highest BCUT2D eigenvalue weighted by Gasteiger charge is 2.19. The molecule has 0 aliphatic carbocycles. The van der Waals surface area contributed by atoms with Crippen molar-refractivity contribution in [3.8, 4) is 0 Å². The van der Waals surface area contributed by atoms with Crippen LogP contribution in [0.15, 0.2) is 18.3 Å². The molecule has 1 aromatic heterocycles. The molecule has 2 heterocycles. The molecule has 3 rings (SSSR count). The number of H-pyrrole nitrogens is 1. The average molecular weight is 269 g/mol. The molecule has 0 atom stereocenters. The number of aromatic amines is 1. The molecule has 2 nitrogen and oxygen atoms in total. The molecule has 0 saturated carbocycles. The summed E-state index contributed by atoms with van der Waals surface area (Å²) in [4.78, 5) is 3.27. The fraction of sp³-hybridized carbons (Fsp3) is 0.385. The van der Waals surface area contributed by atoms with E-state index in [0.29, 0.717) is 16.0 Å². The molecule has 4 heteroatoms. The number of piperidine rings is 1. The van der Waals surface area contributed by atoms with Crippen LogP contribution in [0.25, 0.3) is 10.9 Å². The normalized spacial score (nSPS) is 17.8. The Morgan fingerprint density at radius 2 is 1.88 bits per heavy atom. The summed E-state index contributed by atoms with van der Waals surface area (Å²) in [6.45, 7) is 2.18. The molecule has 0 spiro atoms. The average Bonchev–Trinajstić information content (AvgIpc) is 2.74. The lowest BCUT2D eigenvalue weighted by Gasteiger charge is -2.22. The van der Waals surface area contributed by atoms with E-state index in [1.807, 2.05) is 6.07 Å². The first-order valence-electron chi connectivity index (χ1n) is 5.92. The molecule has 1 saturated heterocycles. The Hall–Kier alpha value is -0.700. The van der Waals surface area contributed by atoms with E-state index in [1.54, 1.807) is 6.07 Å². The maximum atomic E-state index is 6.19. The Morgan fingerprint density at radius 3 is 2.65 bits per heavy atom. The highest BCUT2D eigenvalue weighted by Crippen LogP contribution is 2.35. The van der Waals surface area contributed by atoms with Crippen LogP contribution >= 0.6 is 23.2 Å². The van der Waals surface area contributed by atoms with Gasteiger partial charge in [0.15, 0.2) is 0 Å². The third kappa shape index (κ3) is 2.05. The van der Waals surface area contributed by atoms with Crippen LogP contribution in [0.1, 0.15) is 24.3 Å². The van der Waals surface area contributed by atoms with Gasteiger partial charge in [0.1, 0.15) is 0 Å². The van der Waals surface area contributed by atoms with Crippen molar-refractivity contribution >= 4 is 34.1 Å². The van der Waals surface area contributed by atoms with Gasteiger partial charge in [-0.2, -0.15) is 0 Å². The Labute approximate surface area is 110 Å². The first-order valence-corrected chi connectivity index (χ1v) is 6.68. The number of benzene rings is 1. The number of fused-ring (bicyclic) bond motifs is 1. The number of aromatic nitrogens is 1. The maximum Gasteiger partial charge on any atom is 0.0661 e. The maximum absolute atomic E-state index is 6.19. The Balaban J connectivity index is 2.10. The zero-order chi connectivity index (χ0) is 11.8. The molecule has 2 aromatic rings. The van der Waals surface area contributed by atoms with E-state index in [0.717, 1.165) is 18.6 Å². The second kappa shape index (κ2) is 4.52. The minimum atomic E-state index is 0.611. The molecule has 0 amide bonds. The lowest BCUT2D eigenvalue weighted by atomic mass is 9.90. The van der Waals surface area contributed by atoms with Crippen molar-refractivity contribution in [1.82, 2.24) is 10.3 Å². The van der Waals surface area contributed by atoms with Crippen LogP contribution in [0.5, 0.6) is 0 Å². The number of hydrogen-bond acceptors (Lipinski definition) is 1. The van der Waals surface area contributed by atoms with Crippen molar-refractivity contribution in [3.63, 3.8) is 0 Å². The summed E-state index contributed by atoms with van der Waals surface area (Å²) in [6.07, 6.45) is 4.44. The Morgan fingerprint density at radius 1 is 1.12 bits per heavy atom. The van der Waals surface area contributed by atoms with Gasteiger partial charge in [-0.25, -0.2) is 0 Å². The monoisotopic (exact) mass is 268 g/mol. The van der Waals surface area contributed by atoms with E-state index >= 15 is 0 Å². The van der Waals surface area contributed by atoms with E-state index in [1.165, 1.54) is 23.8 Å². The predicted molar refractivity (Wildman–Crippen MR) is 73.2 cm³/mol. The van der Waals surface area contributed by atoms with Gasteiger partial charge in [-0.15, -0.1) is 0 Å². The second-order valence-corrected chi connectivity index (χ2v) is 5.42. The van der Waals surface area contributed by atoms with Crippen LogP contribution in [0.4, 0.5) is 0 Å². The molecule has 17 heavy (non-hydrogen) atoms. The smallest absolute Gasteiger partial charge is 0.0661 e. The summed E-state index contributed by atoms with van der Waals surface area (Å²) in [5, 5.41) is 5.97. The second-order valence-electron chi connectivity index (χ2n) is 4.58. The van der Waals surface area contributed by atoms with Gasteiger partial charge in [0.25, 0.3) is 0 Å². The van der Waals surface area contributed by atoms with E-state index < -0.39 is 0 Å². The lowest BCUT2D eigenvalue weighted by Crippen LogP contribution is -2.26. The van der Waals surface area contributed by atoms with Gasteiger partial charge in [0.2, 0.25) is 0 Å². The minimum Gasteiger partial charge on any atom is -0.360 e. The summed E-state index contributed by atoms with van der Waals surface area (Å²) < 4.78 is 0. The summed E-state index contributed by atoms with van der Waals surface area (Å²) in [5.74, 6) is 0.611. The third-order valence-corrected chi connectivity index (χ3v) is 4.03.